The molecular formula is C18H18N4O3S. The van der Waals surface area contributed by atoms with E-state index in [0.717, 1.165) is 10.6 Å². The zero-order chi connectivity index (χ0) is 18.7. The van der Waals surface area contributed by atoms with Crippen molar-refractivity contribution in [3.05, 3.63) is 63.4 Å². The van der Waals surface area contributed by atoms with E-state index in [9.17, 15) is 9.59 Å². The van der Waals surface area contributed by atoms with Crippen LogP contribution in [0.15, 0.2) is 30.3 Å². The Morgan fingerprint density at radius 3 is 2.62 bits per heavy atom. The maximum Gasteiger partial charge on any atom is 0.339 e. The SMILES string of the molecule is COC(=O)c1c(C)[nH]c(C(=O)Nc2nnc(Cc3ccccc3)s2)c1C. The molecule has 134 valence electrons. The number of anilines is 1. The second kappa shape index (κ2) is 7.49. The first kappa shape index (κ1) is 17.8. The lowest BCUT2D eigenvalue weighted by atomic mass is 10.1. The van der Waals surface area contributed by atoms with E-state index < -0.39 is 5.97 Å². The van der Waals surface area contributed by atoms with Crippen LogP contribution in [0.3, 0.4) is 0 Å². The number of benzene rings is 1. The third-order valence-electron chi connectivity index (χ3n) is 3.94. The molecule has 7 nitrogen and oxygen atoms in total. The van der Waals surface area contributed by atoms with Gasteiger partial charge in [0, 0.05) is 12.1 Å². The molecule has 0 saturated carbocycles. The largest absolute Gasteiger partial charge is 0.465 e. The van der Waals surface area contributed by atoms with Gasteiger partial charge in [0.15, 0.2) is 0 Å². The molecule has 3 rings (SSSR count). The Labute approximate surface area is 154 Å². The molecule has 2 aromatic heterocycles. The molecule has 2 N–H and O–H groups in total. The topological polar surface area (TPSA) is 97.0 Å². The van der Waals surface area contributed by atoms with E-state index in [0.29, 0.717) is 34.1 Å². The average Bonchev–Trinajstić information content (AvgIpc) is 3.19. The Morgan fingerprint density at radius 1 is 1.19 bits per heavy atom. The number of ether oxygens (including phenoxy) is 1. The molecule has 2 heterocycles. The lowest BCUT2D eigenvalue weighted by Crippen LogP contribution is -2.14. The number of hydrogen-bond donors (Lipinski definition) is 2. The highest BCUT2D eigenvalue weighted by Crippen LogP contribution is 2.22. The smallest absolute Gasteiger partial charge is 0.339 e. The van der Waals surface area contributed by atoms with Crippen molar-refractivity contribution >= 4 is 28.3 Å². The first-order valence-electron chi connectivity index (χ1n) is 7.94. The van der Waals surface area contributed by atoms with Crippen molar-refractivity contribution in [2.75, 3.05) is 12.4 Å². The van der Waals surface area contributed by atoms with Crippen LogP contribution in [0.1, 0.15) is 42.7 Å². The molecule has 0 radical (unpaired) electrons. The number of aromatic amines is 1. The van der Waals surface area contributed by atoms with Crippen LogP contribution in [0.5, 0.6) is 0 Å². The Hall–Kier alpha value is -3.00. The van der Waals surface area contributed by atoms with Gasteiger partial charge in [-0.25, -0.2) is 4.79 Å². The lowest BCUT2D eigenvalue weighted by Gasteiger charge is -2.01. The summed E-state index contributed by atoms with van der Waals surface area (Å²) >= 11 is 1.32. The van der Waals surface area contributed by atoms with Gasteiger partial charge in [0.2, 0.25) is 5.13 Å². The number of esters is 1. The fraction of sp³-hybridized carbons (Fsp3) is 0.222. The van der Waals surface area contributed by atoms with E-state index in [1.807, 2.05) is 30.3 Å². The molecule has 0 aliphatic heterocycles. The van der Waals surface area contributed by atoms with Crippen LogP contribution in [0, 0.1) is 13.8 Å². The van der Waals surface area contributed by atoms with Gasteiger partial charge >= 0.3 is 5.97 Å². The lowest BCUT2D eigenvalue weighted by molar-refractivity contribution is 0.0599. The molecule has 0 atom stereocenters. The summed E-state index contributed by atoms with van der Waals surface area (Å²) in [4.78, 5) is 27.3. The quantitative estimate of drug-likeness (QED) is 0.673. The number of nitrogens with zero attached hydrogens (tertiary/aromatic N) is 2. The fourth-order valence-corrected chi connectivity index (χ4v) is 3.46. The Kier molecular flexibility index (Phi) is 5.13. The molecule has 3 aromatic rings. The number of rotatable bonds is 5. The molecule has 1 aromatic carbocycles. The van der Waals surface area contributed by atoms with E-state index in [-0.39, 0.29) is 5.91 Å². The standard InChI is InChI=1S/C18H18N4O3S/c1-10-14(17(24)25-3)11(2)19-15(10)16(23)20-18-22-21-13(26-18)9-12-7-5-4-6-8-12/h4-8,19H,9H2,1-3H3,(H,20,22,23). The van der Waals surface area contributed by atoms with Crippen molar-refractivity contribution < 1.29 is 14.3 Å². The van der Waals surface area contributed by atoms with Gasteiger partial charge in [0.05, 0.1) is 12.7 Å². The van der Waals surface area contributed by atoms with Crippen LogP contribution in [0.25, 0.3) is 0 Å². The minimum atomic E-state index is -0.476. The van der Waals surface area contributed by atoms with Crippen LogP contribution >= 0.6 is 11.3 Å². The number of carbonyl (C=O) groups excluding carboxylic acids is 2. The average molecular weight is 370 g/mol. The number of carbonyl (C=O) groups is 2. The Bertz CT molecular complexity index is 947. The molecular weight excluding hydrogens is 352 g/mol. The fourth-order valence-electron chi connectivity index (χ4n) is 2.69. The van der Waals surface area contributed by atoms with Gasteiger partial charge < -0.3 is 9.72 Å². The number of hydrogen-bond acceptors (Lipinski definition) is 6. The monoisotopic (exact) mass is 370 g/mol. The van der Waals surface area contributed by atoms with E-state index in [1.165, 1.54) is 18.4 Å². The zero-order valence-corrected chi connectivity index (χ0v) is 15.4. The van der Waals surface area contributed by atoms with Crippen LogP contribution in [-0.2, 0) is 11.2 Å². The molecule has 1 amide bonds. The van der Waals surface area contributed by atoms with E-state index in [4.69, 9.17) is 4.74 Å². The van der Waals surface area contributed by atoms with Crippen molar-refractivity contribution in [1.29, 1.82) is 0 Å². The highest BCUT2D eigenvalue weighted by Gasteiger charge is 2.23. The number of nitrogens with one attached hydrogen (secondary N) is 2. The van der Waals surface area contributed by atoms with Gasteiger partial charge in [-0.15, -0.1) is 10.2 Å². The number of aryl methyl sites for hydroxylation is 1. The number of H-pyrrole nitrogens is 1. The minimum Gasteiger partial charge on any atom is -0.465 e. The first-order valence-corrected chi connectivity index (χ1v) is 8.76. The number of aromatic nitrogens is 3. The third kappa shape index (κ3) is 3.65. The number of methoxy groups -OCH3 is 1. The highest BCUT2D eigenvalue weighted by atomic mass is 32.1. The summed E-state index contributed by atoms with van der Waals surface area (Å²) in [7, 11) is 1.31. The zero-order valence-electron chi connectivity index (χ0n) is 14.6. The normalized spacial score (nSPS) is 10.6. The summed E-state index contributed by atoms with van der Waals surface area (Å²) in [6.45, 7) is 3.42. The summed E-state index contributed by atoms with van der Waals surface area (Å²) in [6.07, 6.45) is 0.654. The van der Waals surface area contributed by atoms with E-state index >= 15 is 0 Å². The highest BCUT2D eigenvalue weighted by molar-refractivity contribution is 7.15. The molecule has 0 bridgehead atoms. The molecule has 0 saturated heterocycles. The molecule has 0 spiro atoms. The van der Waals surface area contributed by atoms with Gasteiger partial charge in [0.1, 0.15) is 10.7 Å². The van der Waals surface area contributed by atoms with Crippen molar-refractivity contribution in [3.63, 3.8) is 0 Å². The predicted molar refractivity (Wildman–Crippen MR) is 98.7 cm³/mol. The molecule has 0 fully saturated rings. The summed E-state index contributed by atoms with van der Waals surface area (Å²) in [6, 6.07) is 9.92. The third-order valence-corrected chi connectivity index (χ3v) is 4.78. The number of amides is 1. The van der Waals surface area contributed by atoms with Crippen LogP contribution < -0.4 is 5.32 Å². The first-order chi connectivity index (χ1) is 12.5. The summed E-state index contributed by atoms with van der Waals surface area (Å²) in [5.74, 6) is -0.848. The van der Waals surface area contributed by atoms with Gasteiger partial charge in [-0.05, 0) is 25.0 Å². The second-order valence-electron chi connectivity index (χ2n) is 5.73. The Balaban J connectivity index is 1.74. The Morgan fingerprint density at radius 2 is 1.92 bits per heavy atom. The molecule has 8 heteroatoms. The van der Waals surface area contributed by atoms with Crippen molar-refractivity contribution in [2.24, 2.45) is 0 Å². The van der Waals surface area contributed by atoms with Gasteiger partial charge in [-0.1, -0.05) is 41.7 Å². The van der Waals surface area contributed by atoms with Crippen LogP contribution in [-0.4, -0.2) is 34.2 Å². The van der Waals surface area contributed by atoms with Crippen LogP contribution in [0.4, 0.5) is 5.13 Å². The van der Waals surface area contributed by atoms with Gasteiger partial charge in [0.25, 0.3) is 5.91 Å². The summed E-state index contributed by atoms with van der Waals surface area (Å²) in [5, 5.41) is 12.1. The molecule has 0 unspecified atom stereocenters. The molecule has 0 aliphatic rings. The van der Waals surface area contributed by atoms with Gasteiger partial charge in [-0.2, -0.15) is 0 Å². The second-order valence-corrected chi connectivity index (χ2v) is 6.80. The predicted octanol–water partition coefficient (Wildman–Crippen LogP) is 3.11. The summed E-state index contributed by atoms with van der Waals surface area (Å²) in [5.41, 5.74) is 2.94. The van der Waals surface area contributed by atoms with Gasteiger partial charge in [-0.3, -0.25) is 10.1 Å². The molecule has 26 heavy (non-hydrogen) atoms. The molecule has 0 aliphatic carbocycles. The van der Waals surface area contributed by atoms with Crippen molar-refractivity contribution in [1.82, 2.24) is 15.2 Å². The minimum absolute atomic E-state index is 0.308. The van der Waals surface area contributed by atoms with Crippen molar-refractivity contribution in [3.8, 4) is 0 Å². The van der Waals surface area contributed by atoms with Crippen LogP contribution in [0.2, 0.25) is 0 Å². The maximum atomic E-state index is 12.5. The van der Waals surface area contributed by atoms with E-state index in [2.05, 4.69) is 20.5 Å². The summed E-state index contributed by atoms with van der Waals surface area (Å²) < 4.78 is 4.76. The maximum absolute atomic E-state index is 12.5. The van der Waals surface area contributed by atoms with E-state index in [1.54, 1.807) is 13.8 Å². The van der Waals surface area contributed by atoms with Crippen molar-refractivity contribution in [2.45, 2.75) is 20.3 Å².